The topological polar surface area (TPSA) is 81.6 Å². The molecule has 0 saturated carbocycles. The van der Waals surface area contributed by atoms with Gasteiger partial charge in [-0.05, 0) is 31.4 Å². The molecule has 4 N–H and O–H groups in total. The van der Waals surface area contributed by atoms with Crippen molar-refractivity contribution in [3.8, 4) is 5.75 Å². The molecule has 1 aliphatic rings. The molecule has 0 aromatic heterocycles. The lowest BCUT2D eigenvalue weighted by Gasteiger charge is -2.26. The Morgan fingerprint density at radius 2 is 2.32 bits per heavy atom. The first kappa shape index (κ1) is 13.5. The number of carbonyl (C=O) groups excluding carboxylic acids is 1. The van der Waals surface area contributed by atoms with E-state index in [2.05, 4.69) is 0 Å². The number of anilines is 2. The van der Waals surface area contributed by atoms with Crippen molar-refractivity contribution < 1.29 is 9.53 Å². The van der Waals surface area contributed by atoms with Crippen LogP contribution in [0.5, 0.6) is 5.75 Å². The highest BCUT2D eigenvalue weighted by Gasteiger charge is 2.30. The first-order chi connectivity index (χ1) is 9.15. The molecular weight excluding hydrogens is 242 g/mol. The Morgan fingerprint density at radius 1 is 1.53 bits per heavy atom. The highest BCUT2D eigenvalue weighted by molar-refractivity contribution is 5.87. The third kappa shape index (κ3) is 2.75. The van der Waals surface area contributed by atoms with Gasteiger partial charge in [-0.25, -0.2) is 0 Å². The normalized spacial score (nSPS) is 18.6. The molecular formula is C14H21N3O2. The fraction of sp³-hybridized carbons (Fsp3) is 0.500. The van der Waals surface area contributed by atoms with Gasteiger partial charge in [0.05, 0.1) is 18.0 Å². The first-order valence-corrected chi connectivity index (χ1v) is 6.72. The predicted molar refractivity (Wildman–Crippen MR) is 76.2 cm³/mol. The fourth-order valence-electron chi connectivity index (χ4n) is 2.47. The number of benzene rings is 1. The molecule has 1 aliphatic heterocycles. The summed E-state index contributed by atoms with van der Waals surface area (Å²) in [7, 11) is 0. The molecule has 0 aliphatic carbocycles. The molecule has 1 atom stereocenters. The van der Waals surface area contributed by atoms with Crippen LogP contribution >= 0.6 is 0 Å². The third-order valence-electron chi connectivity index (χ3n) is 3.40. The van der Waals surface area contributed by atoms with Crippen LogP contribution in [-0.2, 0) is 4.79 Å². The monoisotopic (exact) mass is 263 g/mol. The van der Waals surface area contributed by atoms with Crippen LogP contribution in [0.25, 0.3) is 0 Å². The Morgan fingerprint density at radius 3 is 3.00 bits per heavy atom. The summed E-state index contributed by atoms with van der Waals surface area (Å²) in [5, 5.41) is 0. The molecule has 1 unspecified atom stereocenters. The maximum atomic E-state index is 11.5. The Kier molecular flexibility index (Phi) is 4.14. The van der Waals surface area contributed by atoms with Crippen molar-refractivity contribution in [1.82, 2.24) is 0 Å². The summed E-state index contributed by atoms with van der Waals surface area (Å²) >= 11 is 0. The zero-order chi connectivity index (χ0) is 13.8. The van der Waals surface area contributed by atoms with E-state index in [1.54, 1.807) is 0 Å². The van der Waals surface area contributed by atoms with Gasteiger partial charge in [0, 0.05) is 6.54 Å². The van der Waals surface area contributed by atoms with E-state index in [0.717, 1.165) is 31.5 Å². The van der Waals surface area contributed by atoms with Crippen molar-refractivity contribution in [3.05, 3.63) is 18.2 Å². The molecule has 1 heterocycles. The third-order valence-corrected chi connectivity index (χ3v) is 3.40. The minimum Gasteiger partial charge on any atom is -0.491 e. The molecule has 1 fully saturated rings. The molecule has 5 nitrogen and oxygen atoms in total. The van der Waals surface area contributed by atoms with E-state index in [1.807, 2.05) is 30.0 Å². The Bertz CT molecular complexity index is 462. The van der Waals surface area contributed by atoms with E-state index in [-0.39, 0.29) is 11.9 Å². The van der Waals surface area contributed by atoms with Gasteiger partial charge in [0.2, 0.25) is 5.91 Å². The van der Waals surface area contributed by atoms with Crippen molar-refractivity contribution >= 4 is 17.3 Å². The molecule has 1 aromatic rings. The van der Waals surface area contributed by atoms with Gasteiger partial charge in [-0.1, -0.05) is 13.0 Å². The number of nitrogens with two attached hydrogens (primary N) is 2. The second-order valence-electron chi connectivity index (χ2n) is 4.79. The standard InChI is InChI=1S/C14H21N3O2/c1-2-9-19-12-7-3-5-10(13(12)15)17-8-4-6-11(17)14(16)18/h3,5,7,11H,2,4,6,8-9,15H2,1H3,(H2,16,18). The largest absolute Gasteiger partial charge is 0.491 e. The number of hydrogen-bond acceptors (Lipinski definition) is 4. The van der Waals surface area contributed by atoms with Gasteiger partial charge in [-0.15, -0.1) is 0 Å². The number of nitrogen functional groups attached to an aromatic ring is 1. The van der Waals surface area contributed by atoms with E-state index in [0.29, 0.717) is 18.0 Å². The summed E-state index contributed by atoms with van der Waals surface area (Å²) in [6.45, 7) is 3.48. The minimum atomic E-state index is -0.295. The highest BCUT2D eigenvalue weighted by atomic mass is 16.5. The summed E-state index contributed by atoms with van der Waals surface area (Å²) in [5.74, 6) is 0.381. The first-order valence-electron chi connectivity index (χ1n) is 6.72. The van der Waals surface area contributed by atoms with E-state index in [9.17, 15) is 4.79 Å². The second kappa shape index (κ2) is 5.82. The maximum Gasteiger partial charge on any atom is 0.240 e. The van der Waals surface area contributed by atoms with E-state index in [1.165, 1.54) is 0 Å². The number of hydrogen-bond donors (Lipinski definition) is 2. The van der Waals surface area contributed by atoms with Gasteiger partial charge in [0.1, 0.15) is 11.8 Å². The molecule has 0 bridgehead atoms. The van der Waals surface area contributed by atoms with E-state index in [4.69, 9.17) is 16.2 Å². The number of ether oxygens (including phenoxy) is 1. The van der Waals surface area contributed by atoms with Crippen molar-refractivity contribution in [2.75, 3.05) is 23.8 Å². The van der Waals surface area contributed by atoms with Gasteiger partial charge in [-0.3, -0.25) is 4.79 Å². The maximum absolute atomic E-state index is 11.5. The van der Waals surface area contributed by atoms with E-state index >= 15 is 0 Å². The second-order valence-corrected chi connectivity index (χ2v) is 4.79. The van der Waals surface area contributed by atoms with Gasteiger partial charge in [-0.2, -0.15) is 0 Å². The Hall–Kier alpha value is -1.91. The molecule has 0 radical (unpaired) electrons. The predicted octanol–water partition coefficient (Wildman–Crippen LogP) is 1.51. The molecule has 5 heteroatoms. The molecule has 19 heavy (non-hydrogen) atoms. The number of carbonyl (C=O) groups is 1. The zero-order valence-corrected chi connectivity index (χ0v) is 11.3. The molecule has 1 amide bonds. The average Bonchev–Trinajstić information content (AvgIpc) is 2.87. The number of amides is 1. The Labute approximate surface area is 113 Å². The molecule has 1 saturated heterocycles. The number of rotatable bonds is 5. The SMILES string of the molecule is CCCOc1cccc(N2CCCC2C(N)=O)c1N. The Balaban J connectivity index is 2.26. The number of nitrogens with zero attached hydrogens (tertiary/aromatic N) is 1. The van der Waals surface area contributed by atoms with Gasteiger partial charge in [0.25, 0.3) is 0 Å². The van der Waals surface area contributed by atoms with Crippen LogP contribution in [0.1, 0.15) is 26.2 Å². The number of para-hydroxylation sites is 1. The van der Waals surface area contributed by atoms with Gasteiger partial charge >= 0.3 is 0 Å². The lowest BCUT2D eigenvalue weighted by atomic mass is 10.1. The molecule has 1 aromatic carbocycles. The fourth-order valence-corrected chi connectivity index (χ4v) is 2.47. The molecule has 104 valence electrons. The van der Waals surface area contributed by atoms with Crippen LogP contribution < -0.4 is 21.1 Å². The van der Waals surface area contributed by atoms with Crippen LogP contribution in [0.2, 0.25) is 0 Å². The minimum absolute atomic E-state index is 0.260. The molecule has 0 spiro atoms. The van der Waals surface area contributed by atoms with E-state index < -0.39 is 0 Å². The highest BCUT2D eigenvalue weighted by Crippen LogP contribution is 2.36. The van der Waals surface area contributed by atoms with Gasteiger partial charge in [0.15, 0.2) is 0 Å². The van der Waals surface area contributed by atoms with Crippen molar-refractivity contribution in [2.45, 2.75) is 32.2 Å². The summed E-state index contributed by atoms with van der Waals surface area (Å²) in [4.78, 5) is 13.4. The van der Waals surface area contributed by atoms with Gasteiger partial charge < -0.3 is 21.1 Å². The molecule has 2 rings (SSSR count). The average molecular weight is 263 g/mol. The summed E-state index contributed by atoms with van der Waals surface area (Å²) in [6, 6.07) is 5.40. The summed E-state index contributed by atoms with van der Waals surface area (Å²) in [6.07, 6.45) is 2.67. The van der Waals surface area contributed by atoms with Crippen LogP contribution in [-0.4, -0.2) is 25.1 Å². The zero-order valence-electron chi connectivity index (χ0n) is 11.3. The smallest absolute Gasteiger partial charge is 0.240 e. The van der Waals surface area contributed by atoms with Crippen molar-refractivity contribution in [1.29, 1.82) is 0 Å². The summed E-state index contributed by atoms with van der Waals surface area (Å²) < 4.78 is 5.61. The van der Waals surface area contributed by atoms with Crippen LogP contribution in [0, 0.1) is 0 Å². The lowest BCUT2D eigenvalue weighted by molar-refractivity contribution is -0.119. The van der Waals surface area contributed by atoms with Crippen LogP contribution in [0.4, 0.5) is 11.4 Å². The number of primary amides is 1. The van der Waals surface area contributed by atoms with Crippen molar-refractivity contribution in [3.63, 3.8) is 0 Å². The van der Waals surface area contributed by atoms with Crippen molar-refractivity contribution in [2.24, 2.45) is 5.73 Å². The lowest BCUT2D eigenvalue weighted by Crippen LogP contribution is -2.40. The summed E-state index contributed by atoms with van der Waals surface area (Å²) in [5.41, 5.74) is 13.0. The van der Waals surface area contributed by atoms with Crippen LogP contribution in [0.3, 0.4) is 0 Å². The van der Waals surface area contributed by atoms with Crippen LogP contribution in [0.15, 0.2) is 18.2 Å². The quantitative estimate of drug-likeness (QED) is 0.789.